The van der Waals surface area contributed by atoms with E-state index < -0.39 is 0 Å². The number of hydrogen-bond donors (Lipinski definition) is 1. The average molecular weight is 608 g/mol. The third kappa shape index (κ3) is 6.19. The highest BCUT2D eigenvalue weighted by molar-refractivity contribution is 6.01. The summed E-state index contributed by atoms with van der Waals surface area (Å²) in [4.78, 5) is 31.3. The molecule has 4 aromatic rings. The quantitative estimate of drug-likeness (QED) is 0.211. The van der Waals surface area contributed by atoms with Crippen molar-refractivity contribution in [1.29, 1.82) is 0 Å². The van der Waals surface area contributed by atoms with Crippen LogP contribution in [-0.4, -0.2) is 48.2 Å². The molecule has 0 saturated carbocycles. The molecule has 45 heavy (non-hydrogen) atoms. The molecular weight excluding hydrogens is 566 g/mol. The normalized spacial score (nSPS) is 17.0. The fraction of sp³-hybridized carbons (Fsp3) is 0.378. The number of anilines is 1. The summed E-state index contributed by atoms with van der Waals surface area (Å²) in [6, 6.07) is 22.5. The van der Waals surface area contributed by atoms with Crippen molar-refractivity contribution in [3.8, 4) is 16.9 Å². The van der Waals surface area contributed by atoms with Crippen LogP contribution in [0.4, 0.5) is 10.6 Å². The first-order chi connectivity index (χ1) is 21.8. The SMILES string of the molecule is CCOC(=O)Cc1ccccc1OC1CC2(CCN(C(=O)OCC(C)C)CC2)c2ccc(-c3cccc4c(N)nccc34)cc21. The fourth-order valence-electron chi connectivity index (χ4n) is 6.85. The second-order valence-corrected chi connectivity index (χ2v) is 12.5. The number of carbonyl (C=O) groups excluding carboxylic acids is 2. The van der Waals surface area contributed by atoms with E-state index in [2.05, 4.69) is 29.2 Å². The molecule has 1 aliphatic heterocycles. The van der Waals surface area contributed by atoms with E-state index in [1.54, 1.807) is 6.20 Å². The van der Waals surface area contributed by atoms with Crippen molar-refractivity contribution in [3.63, 3.8) is 0 Å². The first-order valence-electron chi connectivity index (χ1n) is 15.9. The number of esters is 1. The van der Waals surface area contributed by atoms with Crippen molar-refractivity contribution in [2.75, 3.05) is 32.0 Å². The van der Waals surface area contributed by atoms with E-state index in [0.29, 0.717) is 43.8 Å². The van der Waals surface area contributed by atoms with Crippen LogP contribution in [0.25, 0.3) is 21.9 Å². The van der Waals surface area contributed by atoms with E-state index in [1.807, 2.05) is 68.1 Å². The van der Waals surface area contributed by atoms with Gasteiger partial charge in [-0.1, -0.05) is 62.4 Å². The van der Waals surface area contributed by atoms with Crippen LogP contribution in [0.15, 0.2) is 72.9 Å². The lowest BCUT2D eigenvalue weighted by atomic mass is 9.73. The van der Waals surface area contributed by atoms with Crippen LogP contribution < -0.4 is 10.5 Å². The Morgan fingerprint density at radius 3 is 2.58 bits per heavy atom. The summed E-state index contributed by atoms with van der Waals surface area (Å²) in [5.41, 5.74) is 11.4. The van der Waals surface area contributed by atoms with E-state index in [4.69, 9.17) is 19.9 Å². The summed E-state index contributed by atoms with van der Waals surface area (Å²) >= 11 is 0. The van der Waals surface area contributed by atoms with Gasteiger partial charge in [-0.25, -0.2) is 9.78 Å². The van der Waals surface area contributed by atoms with Crippen molar-refractivity contribution in [2.24, 2.45) is 5.92 Å². The van der Waals surface area contributed by atoms with E-state index >= 15 is 0 Å². The van der Waals surface area contributed by atoms with Gasteiger partial charge in [-0.05, 0) is 77.9 Å². The fourth-order valence-corrected chi connectivity index (χ4v) is 6.85. The van der Waals surface area contributed by atoms with Crippen molar-refractivity contribution in [1.82, 2.24) is 9.88 Å². The van der Waals surface area contributed by atoms with Gasteiger partial charge in [0, 0.05) is 35.7 Å². The third-order valence-corrected chi connectivity index (χ3v) is 9.09. The molecule has 234 valence electrons. The Balaban J connectivity index is 1.35. The van der Waals surface area contributed by atoms with Gasteiger partial charge in [0.05, 0.1) is 19.6 Å². The number of nitrogens with zero attached hydrogens (tertiary/aromatic N) is 2. The summed E-state index contributed by atoms with van der Waals surface area (Å²) in [7, 11) is 0. The number of piperidine rings is 1. The molecule has 0 radical (unpaired) electrons. The molecule has 3 aromatic carbocycles. The molecular formula is C37H41N3O5. The topological polar surface area (TPSA) is 104 Å². The number of fused-ring (bicyclic) bond motifs is 3. The zero-order valence-corrected chi connectivity index (χ0v) is 26.3. The largest absolute Gasteiger partial charge is 0.485 e. The summed E-state index contributed by atoms with van der Waals surface area (Å²) in [5, 5.41) is 1.97. The molecule has 1 spiro atoms. The zero-order chi connectivity index (χ0) is 31.6. The van der Waals surface area contributed by atoms with Crippen LogP contribution in [0.2, 0.25) is 0 Å². The Labute approximate surface area is 264 Å². The number of ether oxygens (including phenoxy) is 3. The standard InChI is InChI=1S/C37H41N3O5/c1-4-43-34(41)21-26-8-5-6-11-32(26)45-33-22-37(15-18-40(19-16-37)36(42)44-23-24(2)3)31-13-12-25(20-30(31)33)27-9-7-10-29-28(27)14-17-39-35(29)38/h5-14,17,20,24,33H,4,15-16,18-19,21-23H2,1-3H3,(H2,38,39). The van der Waals surface area contributed by atoms with Crippen molar-refractivity contribution in [3.05, 3.63) is 89.6 Å². The molecule has 1 aromatic heterocycles. The predicted molar refractivity (Wildman–Crippen MR) is 175 cm³/mol. The van der Waals surface area contributed by atoms with Gasteiger partial charge in [0.1, 0.15) is 17.7 Å². The highest BCUT2D eigenvalue weighted by Gasteiger charge is 2.47. The maximum Gasteiger partial charge on any atom is 0.409 e. The van der Waals surface area contributed by atoms with Crippen molar-refractivity contribution in [2.45, 2.75) is 58.0 Å². The minimum absolute atomic E-state index is 0.142. The van der Waals surface area contributed by atoms with E-state index in [1.165, 1.54) is 5.56 Å². The first kappa shape index (κ1) is 30.4. The minimum atomic E-state index is -0.277. The van der Waals surface area contributed by atoms with Crippen molar-refractivity contribution < 1.29 is 23.8 Å². The molecule has 2 aliphatic rings. The second kappa shape index (κ2) is 12.8. The number of nitrogen functional groups attached to an aromatic ring is 1. The van der Waals surface area contributed by atoms with Gasteiger partial charge < -0.3 is 24.8 Å². The van der Waals surface area contributed by atoms with Crippen LogP contribution in [0, 0.1) is 5.92 Å². The Kier molecular flexibility index (Phi) is 8.65. The van der Waals surface area contributed by atoms with Crippen LogP contribution in [0.1, 0.15) is 62.8 Å². The highest BCUT2D eigenvalue weighted by Crippen LogP contribution is 2.53. The Morgan fingerprint density at radius 2 is 1.80 bits per heavy atom. The van der Waals surface area contributed by atoms with Crippen LogP contribution in [0.5, 0.6) is 5.75 Å². The molecule has 8 heteroatoms. The molecule has 6 rings (SSSR count). The number of likely N-dealkylation sites (tertiary alicyclic amines) is 1. The Hall–Kier alpha value is -4.59. The maximum atomic E-state index is 12.8. The number of amides is 1. The molecule has 1 fully saturated rings. The smallest absolute Gasteiger partial charge is 0.409 e. The second-order valence-electron chi connectivity index (χ2n) is 12.5. The number of rotatable bonds is 8. The number of nitrogens with two attached hydrogens (primary N) is 1. The number of pyridine rings is 1. The van der Waals surface area contributed by atoms with Crippen molar-refractivity contribution >= 4 is 28.7 Å². The number of hydrogen-bond acceptors (Lipinski definition) is 7. The summed E-state index contributed by atoms with van der Waals surface area (Å²) in [6.45, 7) is 7.89. The predicted octanol–water partition coefficient (Wildman–Crippen LogP) is 7.24. The van der Waals surface area contributed by atoms with Crippen LogP contribution >= 0.6 is 0 Å². The third-order valence-electron chi connectivity index (χ3n) is 9.09. The molecule has 1 aliphatic carbocycles. The summed E-state index contributed by atoms with van der Waals surface area (Å²) in [6.07, 6.45) is 3.83. The molecule has 1 saturated heterocycles. The van der Waals surface area contributed by atoms with Gasteiger partial charge >= 0.3 is 12.1 Å². The van der Waals surface area contributed by atoms with Gasteiger partial charge in [0.15, 0.2) is 0 Å². The maximum absolute atomic E-state index is 12.8. The van der Waals surface area contributed by atoms with E-state index in [9.17, 15) is 9.59 Å². The Bertz CT molecular complexity index is 1710. The minimum Gasteiger partial charge on any atom is -0.485 e. The number of benzene rings is 3. The molecule has 1 amide bonds. The lowest BCUT2D eigenvalue weighted by Crippen LogP contribution is -2.45. The van der Waals surface area contributed by atoms with Gasteiger partial charge in [-0.15, -0.1) is 0 Å². The zero-order valence-electron chi connectivity index (χ0n) is 26.3. The summed E-state index contributed by atoms with van der Waals surface area (Å²) in [5.74, 6) is 1.20. The molecule has 1 atom stereocenters. The number of carbonyl (C=O) groups is 2. The molecule has 8 nitrogen and oxygen atoms in total. The average Bonchev–Trinajstić information content (AvgIpc) is 3.32. The van der Waals surface area contributed by atoms with Gasteiger partial charge in [0.25, 0.3) is 0 Å². The van der Waals surface area contributed by atoms with Crippen LogP contribution in [-0.2, 0) is 26.1 Å². The molecule has 0 bridgehead atoms. The van der Waals surface area contributed by atoms with Gasteiger partial charge in [-0.2, -0.15) is 0 Å². The summed E-state index contributed by atoms with van der Waals surface area (Å²) < 4.78 is 17.6. The van der Waals surface area contributed by atoms with E-state index in [-0.39, 0.29) is 30.0 Å². The van der Waals surface area contributed by atoms with Gasteiger partial charge in [0.2, 0.25) is 0 Å². The molecule has 2 N–H and O–H groups in total. The molecule has 1 unspecified atom stereocenters. The monoisotopic (exact) mass is 607 g/mol. The lowest BCUT2D eigenvalue weighted by Gasteiger charge is -2.39. The Morgan fingerprint density at radius 1 is 1.00 bits per heavy atom. The highest BCUT2D eigenvalue weighted by atomic mass is 16.6. The number of aromatic nitrogens is 1. The lowest BCUT2D eigenvalue weighted by molar-refractivity contribution is -0.142. The van der Waals surface area contributed by atoms with E-state index in [0.717, 1.165) is 52.3 Å². The number of para-hydroxylation sites is 1. The first-order valence-corrected chi connectivity index (χ1v) is 15.9. The van der Waals surface area contributed by atoms with Crippen LogP contribution in [0.3, 0.4) is 0 Å². The molecule has 2 heterocycles. The van der Waals surface area contributed by atoms with Gasteiger partial charge in [-0.3, -0.25) is 4.79 Å².